The van der Waals surface area contributed by atoms with Crippen LogP contribution in [0.2, 0.25) is 0 Å². The minimum atomic E-state index is -0.415. The molecule has 148 valence electrons. The van der Waals surface area contributed by atoms with E-state index in [-0.39, 0.29) is 35.4 Å². The molecule has 25 heavy (non-hydrogen) atoms. The molecule has 0 radical (unpaired) electrons. The molecule has 0 aromatic carbocycles. The van der Waals surface area contributed by atoms with Gasteiger partial charge in [-0.25, -0.2) is 0 Å². The molecule has 1 amide bonds. The molecule has 0 saturated carbocycles. The number of hydrogen-bond donors (Lipinski definition) is 3. The summed E-state index contributed by atoms with van der Waals surface area (Å²) in [5.74, 6) is 0.0912. The van der Waals surface area contributed by atoms with E-state index in [0.717, 1.165) is 25.8 Å². The van der Waals surface area contributed by atoms with Crippen LogP contribution in [-0.4, -0.2) is 41.9 Å². The molecular formula is C20H41N3O2. The number of carbonyl (C=O) groups is 2. The lowest BCUT2D eigenvalue weighted by Crippen LogP contribution is -2.50. The van der Waals surface area contributed by atoms with Gasteiger partial charge < -0.3 is 10.6 Å². The summed E-state index contributed by atoms with van der Waals surface area (Å²) >= 11 is 0. The maximum atomic E-state index is 12.7. The zero-order valence-corrected chi connectivity index (χ0v) is 17.9. The molecule has 5 heteroatoms. The first-order valence-corrected chi connectivity index (χ1v) is 9.45. The van der Waals surface area contributed by atoms with Crippen LogP contribution in [-0.2, 0) is 9.59 Å². The Bertz CT molecular complexity index is 426. The largest absolute Gasteiger partial charge is 0.350 e. The average molecular weight is 356 g/mol. The molecule has 0 bridgehead atoms. The fourth-order valence-electron chi connectivity index (χ4n) is 2.46. The number of rotatable bonds is 9. The Kier molecular flexibility index (Phi) is 9.31. The molecule has 0 saturated heterocycles. The molecule has 0 aliphatic carbocycles. The van der Waals surface area contributed by atoms with Gasteiger partial charge in [0.15, 0.2) is 5.78 Å². The van der Waals surface area contributed by atoms with Crippen molar-refractivity contribution in [2.45, 2.75) is 98.7 Å². The molecule has 3 N–H and O–H groups in total. The predicted octanol–water partition coefficient (Wildman–Crippen LogP) is 3.03. The third-order valence-corrected chi connectivity index (χ3v) is 3.65. The van der Waals surface area contributed by atoms with Crippen LogP contribution in [0.1, 0.15) is 81.6 Å². The van der Waals surface area contributed by atoms with E-state index in [1.807, 2.05) is 41.5 Å². The van der Waals surface area contributed by atoms with E-state index >= 15 is 0 Å². The minimum absolute atomic E-state index is 0.0754. The van der Waals surface area contributed by atoms with Gasteiger partial charge in [-0.2, -0.15) is 0 Å². The molecule has 0 heterocycles. The van der Waals surface area contributed by atoms with Crippen molar-refractivity contribution in [1.82, 2.24) is 16.0 Å². The van der Waals surface area contributed by atoms with Gasteiger partial charge in [-0.15, -0.1) is 0 Å². The highest BCUT2D eigenvalue weighted by molar-refractivity contribution is 5.89. The zero-order chi connectivity index (χ0) is 19.9. The fraction of sp³-hybridized carbons (Fsp3) is 0.900. The Labute approximate surface area is 155 Å². The Morgan fingerprint density at radius 2 is 1.40 bits per heavy atom. The van der Waals surface area contributed by atoms with Gasteiger partial charge in [-0.1, -0.05) is 27.2 Å². The van der Waals surface area contributed by atoms with Crippen LogP contribution in [0.4, 0.5) is 0 Å². The monoisotopic (exact) mass is 355 g/mol. The van der Waals surface area contributed by atoms with Gasteiger partial charge in [0.2, 0.25) is 5.91 Å². The highest BCUT2D eigenvalue weighted by atomic mass is 16.2. The highest BCUT2D eigenvalue weighted by Gasteiger charge is 2.29. The molecule has 0 aliphatic heterocycles. The van der Waals surface area contributed by atoms with Crippen molar-refractivity contribution in [2.24, 2.45) is 5.41 Å². The third-order valence-electron chi connectivity index (χ3n) is 3.65. The summed E-state index contributed by atoms with van der Waals surface area (Å²) in [6.45, 7) is 19.2. The fourth-order valence-corrected chi connectivity index (χ4v) is 2.46. The predicted molar refractivity (Wildman–Crippen MR) is 106 cm³/mol. The second-order valence-corrected chi connectivity index (χ2v) is 10.0. The van der Waals surface area contributed by atoms with Crippen LogP contribution in [0.25, 0.3) is 0 Å². The van der Waals surface area contributed by atoms with E-state index in [0.29, 0.717) is 0 Å². The number of ketones is 1. The highest BCUT2D eigenvalue weighted by Crippen LogP contribution is 2.19. The second-order valence-electron chi connectivity index (χ2n) is 10.0. The Morgan fingerprint density at radius 3 is 1.84 bits per heavy atom. The summed E-state index contributed by atoms with van der Waals surface area (Å²) in [6, 6.07) is -0.277. The van der Waals surface area contributed by atoms with E-state index in [1.165, 1.54) is 0 Å². The van der Waals surface area contributed by atoms with Gasteiger partial charge in [0, 0.05) is 16.5 Å². The summed E-state index contributed by atoms with van der Waals surface area (Å²) < 4.78 is 0. The molecule has 0 fully saturated rings. The second kappa shape index (κ2) is 9.67. The van der Waals surface area contributed by atoms with Crippen LogP contribution >= 0.6 is 0 Å². The lowest BCUT2D eigenvalue weighted by molar-refractivity contribution is -0.129. The third kappa shape index (κ3) is 13.0. The number of hydrogen-bond acceptors (Lipinski definition) is 4. The van der Waals surface area contributed by atoms with E-state index in [1.54, 1.807) is 0 Å². The first kappa shape index (κ1) is 24.1. The molecule has 1 unspecified atom stereocenters. The lowest BCUT2D eigenvalue weighted by Gasteiger charge is -2.27. The van der Waals surface area contributed by atoms with Crippen LogP contribution in [0.3, 0.4) is 0 Å². The van der Waals surface area contributed by atoms with Crippen LogP contribution < -0.4 is 16.0 Å². The molecule has 0 aromatic rings. The van der Waals surface area contributed by atoms with Gasteiger partial charge in [-0.3, -0.25) is 14.9 Å². The van der Waals surface area contributed by atoms with Gasteiger partial charge in [0.1, 0.15) is 0 Å². The molecule has 1 atom stereocenters. The van der Waals surface area contributed by atoms with E-state index < -0.39 is 5.41 Å². The van der Waals surface area contributed by atoms with Crippen molar-refractivity contribution in [3.63, 3.8) is 0 Å². The quantitative estimate of drug-likeness (QED) is 0.556. The topological polar surface area (TPSA) is 70.2 Å². The summed E-state index contributed by atoms with van der Waals surface area (Å²) in [5, 5.41) is 9.56. The average Bonchev–Trinajstić information content (AvgIpc) is 2.36. The maximum Gasteiger partial charge on any atom is 0.234 e. The molecule has 5 nitrogen and oxygen atoms in total. The molecular weight excluding hydrogens is 314 g/mol. The number of carbonyl (C=O) groups excluding carboxylic acids is 2. The van der Waals surface area contributed by atoms with Gasteiger partial charge in [0.25, 0.3) is 0 Å². The van der Waals surface area contributed by atoms with Crippen molar-refractivity contribution < 1.29 is 9.59 Å². The van der Waals surface area contributed by atoms with E-state index in [4.69, 9.17) is 0 Å². The minimum Gasteiger partial charge on any atom is -0.350 e. The Balaban J connectivity index is 4.53. The summed E-state index contributed by atoms with van der Waals surface area (Å²) in [5.41, 5.74) is -0.563. The number of nitrogens with one attached hydrogen (secondary N) is 3. The van der Waals surface area contributed by atoms with Crippen LogP contribution in [0.5, 0.6) is 0 Å². The summed E-state index contributed by atoms with van der Waals surface area (Å²) in [4.78, 5) is 24.7. The zero-order valence-electron chi connectivity index (χ0n) is 17.9. The van der Waals surface area contributed by atoms with Gasteiger partial charge >= 0.3 is 0 Å². The molecule has 0 aromatic heterocycles. The SMILES string of the molecule is CC(C)(C)NCCCCC(NCC(=O)NC(C)(C)C)C(=O)C(C)(C)C. The first-order chi connectivity index (χ1) is 11.1. The number of Topliss-reactive ketones (excluding diaryl/α,β-unsaturated/α-hetero) is 1. The van der Waals surface area contributed by atoms with Crippen molar-refractivity contribution in [1.29, 1.82) is 0 Å². The molecule has 0 rings (SSSR count). The summed E-state index contributed by atoms with van der Waals surface area (Å²) in [7, 11) is 0. The maximum absolute atomic E-state index is 12.7. The number of amides is 1. The van der Waals surface area contributed by atoms with Crippen molar-refractivity contribution in [2.75, 3.05) is 13.1 Å². The Morgan fingerprint density at radius 1 is 0.840 bits per heavy atom. The Hall–Kier alpha value is -0.940. The van der Waals surface area contributed by atoms with E-state index in [2.05, 4.69) is 36.7 Å². The van der Waals surface area contributed by atoms with Gasteiger partial charge in [-0.05, 0) is 60.9 Å². The van der Waals surface area contributed by atoms with Crippen LogP contribution in [0.15, 0.2) is 0 Å². The van der Waals surface area contributed by atoms with Crippen molar-refractivity contribution in [3.05, 3.63) is 0 Å². The van der Waals surface area contributed by atoms with Gasteiger partial charge in [0.05, 0.1) is 12.6 Å². The smallest absolute Gasteiger partial charge is 0.234 e. The normalized spacial score (nSPS) is 14.3. The standard InChI is InChI=1S/C20H41N3O2/c1-18(2,3)17(25)15(12-10-11-13-22-19(4,5)6)21-14-16(24)23-20(7,8)9/h15,21-22H,10-14H2,1-9H3,(H,23,24). The molecule has 0 spiro atoms. The van der Waals surface area contributed by atoms with Crippen LogP contribution in [0, 0.1) is 5.41 Å². The molecule has 0 aliphatic rings. The first-order valence-electron chi connectivity index (χ1n) is 9.45. The number of unbranched alkanes of at least 4 members (excludes halogenated alkanes) is 1. The van der Waals surface area contributed by atoms with Crippen molar-refractivity contribution in [3.8, 4) is 0 Å². The van der Waals surface area contributed by atoms with Crippen molar-refractivity contribution >= 4 is 11.7 Å². The van der Waals surface area contributed by atoms with E-state index in [9.17, 15) is 9.59 Å². The lowest BCUT2D eigenvalue weighted by atomic mass is 9.84. The summed E-state index contributed by atoms with van der Waals surface area (Å²) in [6.07, 6.45) is 2.72.